The summed E-state index contributed by atoms with van der Waals surface area (Å²) < 4.78 is 5.92. The van der Waals surface area contributed by atoms with E-state index in [2.05, 4.69) is 5.32 Å². The van der Waals surface area contributed by atoms with Gasteiger partial charge in [-0.3, -0.25) is 4.79 Å². The molecule has 0 heterocycles. The van der Waals surface area contributed by atoms with E-state index in [0.29, 0.717) is 25.6 Å². The number of ether oxygens (including phenoxy) is 1. The summed E-state index contributed by atoms with van der Waals surface area (Å²) >= 11 is 0. The van der Waals surface area contributed by atoms with Crippen molar-refractivity contribution in [2.45, 2.75) is 44.8 Å². The molecule has 0 atom stereocenters. The van der Waals surface area contributed by atoms with E-state index in [1.54, 1.807) is 0 Å². The fraction of sp³-hybridized carbons (Fsp3) is 0.533. The largest absolute Gasteiger partial charge is 0.490 e. The molecule has 3 N–H and O–H groups in total. The summed E-state index contributed by atoms with van der Waals surface area (Å²) in [6.07, 6.45) is 5.10. The van der Waals surface area contributed by atoms with Crippen LogP contribution < -0.4 is 15.8 Å². The zero-order valence-corrected chi connectivity index (χ0v) is 12.5. The maximum atomic E-state index is 11.6. The molecule has 0 saturated heterocycles. The van der Waals surface area contributed by atoms with Crippen LogP contribution >= 0.6 is 12.4 Å². The number of nitrogens with two attached hydrogens (primary N) is 1. The smallest absolute Gasteiger partial charge is 0.220 e. The quantitative estimate of drug-likeness (QED) is 0.812. The Balaban J connectivity index is 0.00000200. The Hall–Kier alpha value is -1.26. The van der Waals surface area contributed by atoms with Crippen molar-refractivity contribution >= 4 is 18.3 Å². The van der Waals surface area contributed by atoms with Gasteiger partial charge < -0.3 is 15.8 Å². The van der Waals surface area contributed by atoms with Gasteiger partial charge in [-0.1, -0.05) is 18.2 Å². The van der Waals surface area contributed by atoms with Gasteiger partial charge in [0.15, 0.2) is 0 Å². The first kappa shape index (κ1) is 16.8. The van der Waals surface area contributed by atoms with Gasteiger partial charge in [-0.15, -0.1) is 12.4 Å². The maximum absolute atomic E-state index is 11.6. The van der Waals surface area contributed by atoms with Gasteiger partial charge in [-0.25, -0.2) is 0 Å². The SMILES string of the molecule is Cl.NCCCC(=O)NCc1ccccc1OC1CCC1. The van der Waals surface area contributed by atoms with Gasteiger partial charge in [0, 0.05) is 18.5 Å². The molecule has 5 heteroatoms. The predicted molar refractivity (Wildman–Crippen MR) is 82.1 cm³/mol. The summed E-state index contributed by atoms with van der Waals surface area (Å²) in [7, 11) is 0. The monoisotopic (exact) mass is 298 g/mol. The van der Waals surface area contributed by atoms with Gasteiger partial charge in [0.2, 0.25) is 5.91 Å². The number of hydrogen-bond donors (Lipinski definition) is 2. The molecule has 1 amide bonds. The van der Waals surface area contributed by atoms with Crippen molar-refractivity contribution < 1.29 is 9.53 Å². The average molecular weight is 299 g/mol. The molecule has 4 nitrogen and oxygen atoms in total. The van der Waals surface area contributed by atoms with E-state index in [0.717, 1.165) is 30.6 Å². The van der Waals surface area contributed by atoms with Crippen molar-refractivity contribution in [3.05, 3.63) is 29.8 Å². The molecule has 0 spiro atoms. The molecule has 1 aliphatic rings. The lowest BCUT2D eigenvalue weighted by Crippen LogP contribution is -2.26. The van der Waals surface area contributed by atoms with Crippen molar-refractivity contribution in [2.75, 3.05) is 6.54 Å². The van der Waals surface area contributed by atoms with Crippen LogP contribution in [0.2, 0.25) is 0 Å². The molecule has 112 valence electrons. The number of amides is 1. The molecule has 1 aliphatic carbocycles. The van der Waals surface area contributed by atoms with Gasteiger partial charge in [0.05, 0.1) is 6.10 Å². The molecule has 1 aromatic rings. The van der Waals surface area contributed by atoms with E-state index in [1.807, 2.05) is 24.3 Å². The summed E-state index contributed by atoms with van der Waals surface area (Å²) in [5, 5.41) is 2.91. The minimum Gasteiger partial charge on any atom is -0.490 e. The molecular weight excluding hydrogens is 276 g/mol. The second kappa shape index (κ2) is 8.82. The fourth-order valence-electron chi connectivity index (χ4n) is 1.98. The van der Waals surface area contributed by atoms with E-state index in [9.17, 15) is 4.79 Å². The Kier molecular flexibility index (Phi) is 7.41. The molecule has 1 saturated carbocycles. The fourth-order valence-corrected chi connectivity index (χ4v) is 1.98. The number of para-hydroxylation sites is 1. The lowest BCUT2D eigenvalue weighted by atomic mass is 9.96. The van der Waals surface area contributed by atoms with Crippen molar-refractivity contribution in [1.29, 1.82) is 0 Å². The second-order valence-electron chi connectivity index (χ2n) is 4.95. The third kappa shape index (κ3) is 5.02. The minimum atomic E-state index is 0. The highest BCUT2D eigenvalue weighted by Gasteiger charge is 2.20. The highest BCUT2D eigenvalue weighted by atomic mass is 35.5. The van der Waals surface area contributed by atoms with Crippen molar-refractivity contribution in [3.63, 3.8) is 0 Å². The highest BCUT2D eigenvalue weighted by Crippen LogP contribution is 2.27. The Morgan fingerprint density at radius 3 is 2.75 bits per heavy atom. The van der Waals surface area contributed by atoms with Crippen molar-refractivity contribution in [3.8, 4) is 5.75 Å². The molecule has 0 bridgehead atoms. The molecule has 1 fully saturated rings. The van der Waals surface area contributed by atoms with Gasteiger partial charge in [0.1, 0.15) is 5.75 Å². The maximum Gasteiger partial charge on any atom is 0.220 e. The van der Waals surface area contributed by atoms with Gasteiger partial charge in [0.25, 0.3) is 0 Å². The number of rotatable bonds is 7. The van der Waals surface area contributed by atoms with E-state index >= 15 is 0 Å². The Labute approximate surface area is 126 Å². The van der Waals surface area contributed by atoms with Crippen LogP contribution in [0.15, 0.2) is 24.3 Å². The average Bonchev–Trinajstić information content (AvgIpc) is 2.39. The van der Waals surface area contributed by atoms with Gasteiger partial charge in [-0.05, 0) is 38.3 Å². The topological polar surface area (TPSA) is 64.4 Å². The third-order valence-electron chi connectivity index (χ3n) is 3.40. The zero-order chi connectivity index (χ0) is 13.5. The van der Waals surface area contributed by atoms with Crippen LogP contribution in [0.1, 0.15) is 37.7 Å². The van der Waals surface area contributed by atoms with Crippen LogP contribution in [0.25, 0.3) is 0 Å². The number of carbonyl (C=O) groups excluding carboxylic acids is 1. The predicted octanol–water partition coefficient (Wildman–Crippen LogP) is 2.39. The van der Waals surface area contributed by atoms with Crippen molar-refractivity contribution in [1.82, 2.24) is 5.32 Å². The number of nitrogens with one attached hydrogen (secondary N) is 1. The van der Waals surface area contributed by atoms with Gasteiger partial charge >= 0.3 is 0 Å². The number of hydrogen-bond acceptors (Lipinski definition) is 3. The lowest BCUT2D eigenvalue weighted by molar-refractivity contribution is -0.121. The van der Waals surface area contributed by atoms with E-state index in [4.69, 9.17) is 10.5 Å². The van der Waals surface area contributed by atoms with Crippen LogP contribution in [-0.2, 0) is 11.3 Å². The molecule has 1 aromatic carbocycles. The first-order valence-corrected chi connectivity index (χ1v) is 7.01. The number of halogens is 1. The van der Waals surface area contributed by atoms with E-state index in [1.165, 1.54) is 6.42 Å². The zero-order valence-electron chi connectivity index (χ0n) is 11.6. The van der Waals surface area contributed by atoms with Crippen LogP contribution in [0.4, 0.5) is 0 Å². The molecule has 0 unspecified atom stereocenters. The summed E-state index contributed by atoms with van der Waals surface area (Å²) in [5.41, 5.74) is 6.42. The normalized spacial score (nSPS) is 14.1. The summed E-state index contributed by atoms with van der Waals surface area (Å²) in [4.78, 5) is 11.6. The Bertz CT molecular complexity index is 422. The number of benzene rings is 1. The van der Waals surface area contributed by atoms with Crippen LogP contribution in [0, 0.1) is 0 Å². The summed E-state index contributed by atoms with van der Waals surface area (Å²) in [5.74, 6) is 0.940. The summed E-state index contributed by atoms with van der Waals surface area (Å²) in [6, 6.07) is 7.90. The Morgan fingerprint density at radius 2 is 2.10 bits per heavy atom. The highest BCUT2D eigenvalue weighted by molar-refractivity contribution is 5.85. The van der Waals surface area contributed by atoms with Crippen molar-refractivity contribution in [2.24, 2.45) is 5.73 Å². The summed E-state index contributed by atoms with van der Waals surface area (Å²) in [6.45, 7) is 1.07. The van der Waals surface area contributed by atoms with Gasteiger partial charge in [-0.2, -0.15) is 0 Å². The first-order valence-electron chi connectivity index (χ1n) is 7.01. The van der Waals surface area contributed by atoms with Crippen LogP contribution in [-0.4, -0.2) is 18.6 Å². The minimum absolute atomic E-state index is 0. The second-order valence-corrected chi connectivity index (χ2v) is 4.95. The van der Waals surface area contributed by atoms with Crippen LogP contribution in [0.3, 0.4) is 0 Å². The molecule has 2 rings (SSSR count). The molecule has 0 radical (unpaired) electrons. The first-order chi connectivity index (χ1) is 9.29. The molecule has 0 aromatic heterocycles. The number of carbonyl (C=O) groups is 1. The van der Waals surface area contributed by atoms with Crippen LogP contribution in [0.5, 0.6) is 5.75 Å². The van der Waals surface area contributed by atoms with E-state index in [-0.39, 0.29) is 18.3 Å². The molecule has 20 heavy (non-hydrogen) atoms. The third-order valence-corrected chi connectivity index (χ3v) is 3.40. The molecular formula is C15H23ClN2O2. The van der Waals surface area contributed by atoms with E-state index < -0.39 is 0 Å². The standard InChI is InChI=1S/C15H22N2O2.ClH/c16-10-4-9-15(18)17-11-12-5-1-2-8-14(12)19-13-6-3-7-13;/h1-2,5,8,13H,3-4,6-7,9-11,16H2,(H,17,18);1H. The Morgan fingerprint density at radius 1 is 1.35 bits per heavy atom. The lowest BCUT2D eigenvalue weighted by Gasteiger charge is -2.27. The molecule has 0 aliphatic heterocycles.